The van der Waals surface area contributed by atoms with E-state index >= 15 is 0 Å². The summed E-state index contributed by atoms with van der Waals surface area (Å²) in [5.41, 5.74) is -0.500. The fourth-order valence-electron chi connectivity index (χ4n) is 1.57. The Hall–Kier alpha value is -1.14. The van der Waals surface area contributed by atoms with E-state index in [0.29, 0.717) is 32.3 Å². The second kappa shape index (κ2) is 5.46. The minimum Gasteiger partial charge on any atom is -0.367 e. The van der Waals surface area contributed by atoms with Crippen molar-refractivity contribution in [3.63, 3.8) is 0 Å². The normalized spacial score (nSPS) is 18.8. The van der Waals surface area contributed by atoms with E-state index in [1.165, 1.54) is 5.01 Å². The lowest BCUT2D eigenvalue weighted by atomic mass is 9.98. The molecule has 1 saturated heterocycles. The zero-order valence-electron chi connectivity index (χ0n) is 10.7. The van der Waals surface area contributed by atoms with Gasteiger partial charge in [0, 0.05) is 13.1 Å². The molecule has 0 aromatic heterocycles. The van der Waals surface area contributed by atoms with Crippen LogP contribution in [0.2, 0.25) is 0 Å². The van der Waals surface area contributed by atoms with E-state index in [9.17, 15) is 9.59 Å². The van der Waals surface area contributed by atoms with E-state index in [4.69, 9.17) is 10.7 Å². The molecule has 0 saturated carbocycles. The molecule has 0 spiro atoms. The van der Waals surface area contributed by atoms with Crippen LogP contribution in [0.3, 0.4) is 0 Å². The number of carbonyl (C=O) groups is 2. The van der Waals surface area contributed by atoms with Gasteiger partial charge in [0.1, 0.15) is 0 Å². The first-order chi connectivity index (χ1) is 7.84. The molecular weight excluding hydrogens is 222 g/mol. The van der Waals surface area contributed by atoms with Gasteiger partial charge in [-0.15, -0.1) is 5.06 Å². The summed E-state index contributed by atoms with van der Waals surface area (Å²) in [6, 6.07) is 0.0390. The van der Waals surface area contributed by atoms with Crippen molar-refractivity contribution in [1.82, 2.24) is 10.1 Å². The molecule has 0 unspecified atom stereocenters. The third-order valence-corrected chi connectivity index (χ3v) is 2.79. The number of nitrogens with zero attached hydrogens (tertiary/aromatic N) is 2. The van der Waals surface area contributed by atoms with Crippen LogP contribution in [0.1, 0.15) is 33.6 Å². The minimum absolute atomic E-state index is 0.0390. The molecule has 1 heterocycles. The molecule has 0 bridgehead atoms. The fraction of sp³-hybridized carbons (Fsp3) is 0.818. The molecule has 1 amide bonds. The van der Waals surface area contributed by atoms with E-state index in [0.717, 1.165) is 0 Å². The van der Waals surface area contributed by atoms with Gasteiger partial charge in [0.15, 0.2) is 0 Å². The Bertz CT molecular complexity index is 280. The summed E-state index contributed by atoms with van der Waals surface area (Å²) in [5, 5.41) is 2.83. The van der Waals surface area contributed by atoms with Gasteiger partial charge in [0.2, 0.25) is 6.41 Å². The van der Waals surface area contributed by atoms with Crippen LogP contribution in [0.15, 0.2) is 0 Å². The van der Waals surface area contributed by atoms with Gasteiger partial charge in [-0.2, -0.15) is 0 Å². The van der Waals surface area contributed by atoms with Crippen molar-refractivity contribution in [1.29, 1.82) is 0 Å². The molecule has 6 heteroatoms. The van der Waals surface area contributed by atoms with Gasteiger partial charge in [-0.3, -0.25) is 9.80 Å². The predicted octanol–water partition coefficient (Wildman–Crippen LogP) is 0.287. The molecule has 1 rings (SSSR count). The quantitative estimate of drug-likeness (QED) is 0.333. The van der Waals surface area contributed by atoms with Crippen molar-refractivity contribution in [3.8, 4) is 0 Å². The van der Waals surface area contributed by atoms with Gasteiger partial charge in [-0.1, -0.05) is 0 Å². The zero-order chi connectivity index (χ0) is 13.1. The Kier molecular flexibility index (Phi) is 4.47. The van der Waals surface area contributed by atoms with Gasteiger partial charge in [0.05, 0.1) is 11.5 Å². The van der Waals surface area contributed by atoms with Crippen molar-refractivity contribution in [2.75, 3.05) is 13.1 Å². The maximum absolute atomic E-state index is 11.6. The van der Waals surface area contributed by atoms with Gasteiger partial charge < -0.3 is 4.84 Å². The van der Waals surface area contributed by atoms with Crippen molar-refractivity contribution in [2.24, 2.45) is 11.3 Å². The SMILES string of the molecule is CC(C)(C)C(=O)ON1CCC(N(N)C=O)CC1. The van der Waals surface area contributed by atoms with Gasteiger partial charge in [-0.25, -0.2) is 10.6 Å². The van der Waals surface area contributed by atoms with E-state index in [2.05, 4.69) is 0 Å². The number of hydroxylamine groups is 2. The van der Waals surface area contributed by atoms with Crippen molar-refractivity contribution in [3.05, 3.63) is 0 Å². The van der Waals surface area contributed by atoms with Crippen molar-refractivity contribution in [2.45, 2.75) is 39.7 Å². The third-order valence-electron chi connectivity index (χ3n) is 2.79. The molecule has 6 nitrogen and oxygen atoms in total. The van der Waals surface area contributed by atoms with E-state index in [1.54, 1.807) is 5.06 Å². The highest BCUT2D eigenvalue weighted by Gasteiger charge is 2.29. The summed E-state index contributed by atoms with van der Waals surface area (Å²) in [6.45, 7) is 6.66. The monoisotopic (exact) mass is 243 g/mol. The summed E-state index contributed by atoms with van der Waals surface area (Å²) >= 11 is 0. The molecule has 0 aromatic rings. The molecule has 2 N–H and O–H groups in total. The van der Waals surface area contributed by atoms with Gasteiger partial charge >= 0.3 is 5.97 Å². The average Bonchev–Trinajstić information content (AvgIpc) is 2.27. The highest BCUT2D eigenvalue weighted by Crippen LogP contribution is 2.19. The van der Waals surface area contributed by atoms with Gasteiger partial charge in [-0.05, 0) is 33.6 Å². The summed E-state index contributed by atoms with van der Waals surface area (Å²) in [7, 11) is 0. The Morgan fingerprint density at radius 2 is 1.94 bits per heavy atom. The number of rotatable bonds is 3. The lowest BCUT2D eigenvalue weighted by Crippen LogP contribution is -2.48. The highest BCUT2D eigenvalue weighted by atomic mass is 16.7. The number of amides is 1. The second-order valence-corrected chi connectivity index (χ2v) is 5.34. The van der Waals surface area contributed by atoms with Crippen LogP contribution < -0.4 is 5.84 Å². The number of hydrogen-bond acceptors (Lipinski definition) is 5. The van der Waals surface area contributed by atoms with Crippen LogP contribution in [0, 0.1) is 5.41 Å². The number of hydrogen-bond donors (Lipinski definition) is 1. The summed E-state index contributed by atoms with van der Waals surface area (Å²) in [6.07, 6.45) is 2.06. The molecule has 1 fully saturated rings. The number of nitrogens with two attached hydrogens (primary N) is 1. The first-order valence-electron chi connectivity index (χ1n) is 5.80. The topological polar surface area (TPSA) is 75.9 Å². The smallest absolute Gasteiger partial charge is 0.330 e. The Morgan fingerprint density at radius 3 is 2.35 bits per heavy atom. The molecule has 1 aliphatic rings. The lowest BCUT2D eigenvalue weighted by Gasteiger charge is -2.34. The maximum Gasteiger partial charge on any atom is 0.330 e. The number of piperidine rings is 1. The number of carbonyl (C=O) groups excluding carboxylic acids is 2. The van der Waals surface area contributed by atoms with E-state index < -0.39 is 5.41 Å². The van der Waals surface area contributed by atoms with Crippen molar-refractivity contribution < 1.29 is 14.4 Å². The number of hydrazine groups is 1. The van der Waals surface area contributed by atoms with E-state index in [1.807, 2.05) is 20.8 Å². The van der Waals surface area contributed by atoms with Crippen LogP contribution in [-0.4, -0.2) is 41.6 Å². The molecular formula is C11H21N3O3. The first-order valence-corrected chi connectivity index (χ1v) is 5.80. The van der Waals surface area contributed by atoms with Crippen LogP contribution in [0.25, 0.3) is 0 Å². The average molecular weight is 243 g/mol. The maximum atomic E-state index is 11.6. The minimum atomic E-state index is -0.500. The molecule has 0 aliphatic carbocycles. The molecule has 0 radical (unpaired) electrons. The lowest BCUT2D eigenvalue weighted by molar-refractivity contribution is -0.206. The van der Waals surface area contributed by atoms with Crippen LogP contribution in [0.4, 0.5) is 0 Å². The zero-order valence-corrected chi connectivity index (χ0v) is 10.7. The van der Waals surface area contributed by atoms with Crippen LogP contribution >= 0.6 is 0 Å². The van der Waals surface area contributed by atoms with Crippen LogP contribution in [0.5, 0.6) is 0 Å². The van der Waals surface area contributed by atoms with Gasteiger partial charge in [0.25, 0.3) is 0 Å². The third kappa shape index (κ3) is 3.98. The molecule has 0 aromatic carbocycles. The Labute approximate surface area is 102 Å². The Morgan fingerprint density at radius 1 is 1.41 bits per heavy atom. The molecule has 0 atom stereocenters. The largest absolute Gasteiger partial charge is 0.367 e. The summed E-state index contributed by atoms with van der Waals surface area (Å²) < 4.78 is 0. The van der Waals surface area contributed by atoms with Crippen molar-refractivity contribution >= 4 is 12.4 Å². The molecule has 98 valence electrons. The standard InChI is InChI=1S/C11H21N3O3/c1-11(2,3)10(16)17-13-6-4-9(5-7-13)14(12)8-15/h8-9H,4-7,12H2,1-3H3. The molecule has 17 heavy (non-hydrogen) atoms. The first kappa shape index (κ1) is 13.9. The summed E-state index contributed by atoms with van der Waals surface area (Å²) in [5.74, 6) is 5.26. The highest BCUT2D eigenvalue weighted by molar-refractivity contribution is 5.75. The molecule has 1 aliphatic heterocycles. The van der Waals surface area contributed by atoms with E-state index in [-0.39, 0.29) is 12.0 Å². The summed E-state index contributed by atoms with van der Waals surface area (Å²) in [4.78, 5) is 27.4. The fourth-order valence-corrected chi connectivity index (χ4v) is 1.57. The second-order valence-electron chi connectivity index (χ2n) is 5.34. The predicted molar refractivity (Wildman–Crippen MR) is 62.2 cm³/mol. The van der Waals surface area contributed by atoms with Crippen LogP contribution in [-0.2, 0) is 14.4 Å². The Balaban J connectivity index is 2.38.